The predicted molar refractivity (Wildman–Crippen MR) is 65.6 cm³/mol. The Labute approximate surface area is 116 Å². The molecule has 0 heterocycles. The number of rotatable bonds is 3. The van der Waals surface area contributed by atoms with Crippen molar-refractivity contribution in [1.29, 1.82) is 0 Å². The Morgan fingerprint density at radius 2 is 1.48 bits per heavy atom. The molecule has 0 unspecified atom stereocenters. The van der Waals surface area contributed by atoms with Gasteiger partial charge in [-0.2, -0.15) is 8.78 Å². The maximum absolute atomic E-state index is 13.5. The summed E-state index contributed by atoms with van der Waals surface area (Å²) in [6.45, 7) is -0.0807. The van der Waals surface area contributed by atoms with Gasteiger partial charge in [0.2, 0.25) is 11.6 Å². The summed E-state index contributed by atoms with van der Waals surface area (Å²) in [5, 5.41) is 11.0. The minimum atomic E-state index is -2.02. The first-order valence-corrected chi connectivity index (χ1v) is 5.80. The van der Waals surface area contributed by atoms with E-state index in [0.717, 1.165) is 0 Å². The molecule has 2 rings (SSSR count). The summed E-state index contributed by atoms with van der Waals surface area (Å²) in [7, 11) is 0. The van der Waals surface area contributed by atoms with E-state index in [1.54, 1.807) is 30.3 Å². The highest BCUT2D eigenvalue weighted by molar-refractivity contribution is 5.95. The first-order chi connectivity index (χ1) is 9.93. The molecule has 0 saturated heterocycles. The monoisotopic (exact) mass is 299 g/mol. The van der Waals surface area contributed by atoms with Crippen molar-refractivity contribution >= 4 is 5.91 Å². The maximum atomic E-state index is 13.5. The van der Waals surface area contributed by atoms with Crippen molar-refractivity contribution in [1.82, 2.24) is 5.32 Å². The largest absolute Gasteiger partial charge is 0.503 e. The van der Waals surface area contributed by atoms with Crippen LogP contribution < -0.4 is 5.32 Å². The van der Waals surface area contributed by atoms with Gasteiger partial charge in [-0.05, 0) is 5.56 Å². The molecule has 0 radical (unpaired) electrons. The van der Waals surface area contributed by atoms with Gasteiger partial charge in [-0.1, -0.05) is 30.3 Å². The Balaban J connectivity index is 2.28. The minimum absolute atomic E-state index is 0.0807. The molecule has 2 aromatic carbocycles. The molecule has 0 aliphatic carbocycles. The molecule has 0 aliphatic heterocycles. The minimum Gasteiger partial charge on any atom is -0.503 e. The van der Waals surface area contributed by atoms with E-state index >= 15 is 0 Å². The molecule has 0 fully saturated rings. The topological polar surface area (TPSA) is 49.3 Å². The molecule has 3 nitrogen and oxygen atoms in total. The second kappa shape index (κ2) is 5.82. The van der Waals surface area contributed by atoms with Crippen LogP contribution in [0.25, 0.3) is 0 Å². The lowest BCUT2D eigenvalue weighted by atomic mass is 10.1. The third kappa shape index (κ3) is 2.81. The molecule has 1 amide bonds. The molecular formula is C14H9F4NO2. The van der Waals surface area contributed by atoms with Gasteiger partial charge < -0.3 is 10.4 Å². The van der Waals surface area contributed by atoms with Crippen LogP contribution in [0.5, 0.6) is 5.75 Å². The number of aromatic hydroxyl groups is 1. The van der Waals surface area contributed by atoms with Crippen molar-refractivity contribution in [3.05, 3.63) is 64.7 Å². The number of phenols is 1. The van der Waals surface area contributed by atoms with Crippen LogP contribution in [0.3, 0.4) is 0 Å². The molecule has 2 aromatic rings. The van der Waals surface area contributed by atoms with Crippen LogP contribution in [0.1, 0.15) is 15.9 Å². The molecule has 0 aliphatic rings. The number of carbonyl (C=O) groups excluding carboxylic acids is 1. The van der Waals surface area contributed by atoms with E-state index in [0.29, 0.717) is 5.56 Å². The summed E-state index contributed by atoms with van der Waals surface area (Å²) in [6, 6.07) is 8.39. The second-order valence-electron chi connectivity index (χ2n) is 4.15. The van der Waals surface area contributed by atoms with Crippen LogP contribution in [0, 0.1) is 23.3 Å². The Morgan fingerprint density at radius 1 is 0.952 bits per heavy atom. The van der Waals surface area contributed by atoms with Crippen molar-refractivity contribution in [2.24, 2.45) is 0 Å². The van der Waals surface area contributed by atoms with Gasteiger partial charge in [0.1, 0.15) is 5.56 Å². The van der Waals surface area contributed by atoms with E-state index in [1.807, 2.05) is 0 Å². The Morgan fingerprint density at radius 3 is 2.00 bits per heavy atom. The third-order valence-electron chi connectivity index (χ3n) is 2.76. The first kappa shape index (κ1) is 14.8. The average Bonchev–Trinajstić information content (AvgIpc) is 2.50. The summed E-state index contributed by atoms with van der Waals surface area (Å²) >= 11 is 0. The number of halogens is 4. The standard InChI is InChI=1S/C14H9F4NO2/c15-9-8(10(16)12(18)13(20)11(9)17)14(21)19-6-7-4-2-1-3-5-7/h1-5,20H,6H2,(H,19,21). The predicted octanol–water partition coefficient (Wildman–Crippen LogP) is 2.88. The highest BCUT2D eigenvalue weighted by atomic mass is 19.2. The number of nitrogens with one attached hydrogen (secondary N) is 1. The van der Waals surface area contributed by atoms with Gasteiger partial charge >= 0.3 is 0 Å². The van der Waals surface area contributed by atoms with Crippen LogP contribution in [-0.4, -0.2) is 11.0 Å². The summed E-state index contributed by atoms with van der Waals surface area (Å²) in [5.74, 6) is -11.1. The van der Waals surface area contributed by atoms with Crippen molar-refractivity contribution in [3.8, 4) is 5.75 Å². The summed E-state index contributed by atoms with van der Waals surface area (Å²) in [5.41, 5.74) is -0.787. The van der Waals surface area contributed by atoms with Crippen molar-refractivity contribution in [2.75, 3.05) is 0 Å². The quantitative estimate of drug-likeness (QED) is 0.676. The van der Waals surface area contributed by atoms with Crippen LogP contribution in [-0.2, 0) is 6.54 Å². The smallest absolute Gasteiger partial charge is 0.257 e. The van der Waals surface area contributed by atoms with E-state index in [1.165, 1.54) is 0 Å². The van der Waals surface area contributed by atoms with Gasteiger partial charge in [-0.25, -0.2) is 8.78 Å². The zero-order chi connectivity index (χ0) is 15.6. The first-order valence-electron chi connectivity index (χ1n) is 5.80. The second-order valence-corrected chi connectivity index (χ2v) is 4.15. The van der Waals surface area contributed by atoms with E-state index in [4.69, 9.17) is 5.11 Å². The van der Waals surface area contributed by atoms with Gasteiger partial charge in [0.05, 0.1) is 0 Å². The highest BCUT2D eigenvalue weighted by Crippen LogP contribution is 2.28. The zero-order valence-electron chi connectivity index (χ0n) is 10.5. The van der Waals surface area contributed by atoms with Crippen LogP contribution in [0.15, 0.2) is 30.3 Å². The molecule has 110 valence electrons. The van der Waals surface area contributed by atoms with Gasteiger partial charge in [0.15, 0.2) is 17.4 Å². The Bertz CT molecular complexity index is 660. The average molecular weight is 299 g/mol. The molecule has 0 saturated carbocycles. The third-order valence-corrected chi connectivity index (χ3v) is 2.76. The van der Waals surface area contributed by atoms with Crippen LogP contribution in [0.2, 0.25) is 0 Å². The molecule has 0 atom stereocenters. The Hall–Kier alpha value is -2.57. The summed E-state index contributed by atoms with van der Waals surface area (Å²) < 4.78 is 53.2. The van der Waals surface area contributed by atoms with Gasteiger partial charge in [0.25, 0.3) is 5.91 Å². The summed E-state index contributed by atoms with van der Waals surface area (Å²) in [6.07, 6.45) is 0. The number of carbonyl (C=O) groups is 1. The fourth-order valence-corrected chi connectivity index (χ4v) is 1.69. The van der Waals surface area contributed by atoms with Crippen molar-refractivity contribution < 1.29 is 27.5 Å². The van der Waals surface area contributed by atoms with Gasteiger partial charge in [-0.3, -0.25) is 4.79 Å². The molecule has 2 N–H and O–H groups in total. The van der Waals surface area contributed by atoms with E-state index in [9.17, 15) is 22.4 Å². The summed E-state index contributed by atoms with van der Waals surface area (Å²) in [4.78, 5) is 11.7. The fourth-order valence-electron chi connectivity index (χ4n) is 1.69. The molecule has 7 heteroatoms. The van der Waals surface area contributed by atoms with E-state index in [-0.39, 0.29) is 6.54 Å². The molecular weight excluding hydrogens is 290 g/mol. The molecule has 0 bridgehead atoms. The lowest BCUT2D eigenvalue weighted by Crippen LogP contribution is -2.26. The number of benzene rings is 2. The fraction of sp³-hybridized carbons (Fsp3) is 0.0714. The highest BCUT2D eigenvalue weighted by Gasteiger charge is 2.29. The lowest BCUT2D eigenvalue weighted by molar-refractivity contribution is 0.0939. The van der Waals surface area contributed by atoms with Crippen molar-refractivity contribution in [3.63, 3.8) is 0 Å². The molecule has 0 spiro atoms. The lowest BCUT2D eigenvalue weighted by Gasteiger charge is -2.09. The van der Waals surface area contributed by atoms with E-state index in [2.05, 4.69) is 5.32 Å². The van der Waals surface area contributed by atoms with Crippen molar-refractivity contribution in [2.45, 2.75) is 6.54 Å². The number of amides is 1. The van der Waals surface area contributed by atoms with Crippen LogP contribution in [0.4, 0.5) is 17.6 Å². The maximum Gasteiger partial charge on any atom is 0.257 e. The Kier molecular flexibility index (Phi) is 4.11. The number of phenolic OH excluding ortho intramolecular Hbond substituents is 1. The zero-order valence-corrected chi connectivity index (χ0v) is 10.5. The van der Waals surface area contributed by atoms with Gasteiger partial charge in [0, 0.05) is 6.54 Å². The van der Waals surface area contributed by atoms with Gasteiger partial charge in [-0.15, -0.1) is 0 Å². The molecule has 0 aromatic heterocycles. The normalized spacial score (nSPS) is 10.5. The molecule has 21 heavy (non-hydrogen) atoms. The van der Waals surface area contributed by atoms with Crippen LogP contribution >= 0.6 is 0 Å². The SMILES string of the molecule is O=C(NCc1ccccc1)c1c(F)c(F)c(O)c(F)c1F. The van der Waals surface area contributed by atoms with E-state index < -0.39 is 40.5 Å². The number of hydrogen-bond donors (Lipinski definition) is 2. The number of hydrogen-bond acceptors (Lipinski definition) is 2.